The molecule has 1 aliphatic rings. The number of hydrogen-bond donors (Lipinski definition) is 2. The van der Waals surface area contributed by atoms with Gasteiger partial charge in [0.2, 0.25) is 0 Å². The van der Waals surface area contributed by atoms with Gasteiger partial charge in [-0.25, -0.2) is 4.39 Å². The fourth-order valence-corrected chi connectivity index (χ4v) is 3.36. The molecule has 0 spiro atoms. The van der Waals surface area contributed by atoms with Crippen LogP contribution < -0.4 is 16.4 Å². The molecule has 0 atom stereocenters. The van der Waals surface area contributed by atoms with E-state index in [9.17, 15) is 4.39 Å². The van der Waals surface area contributed by atoms with Crippen LogP contribution in [0, 0.1) is 5.82 Å². The third-order valence-electron chi connectivity index (χ3n) is 4.61. The van der Waals surface area contributed by atoms with Crippen LogP contribution in [0.15, 0.2) is 72.6 Å². The third-order valence-corrected chi connectivity index (χ3v) is 4.61. The van der Waals surface area contributed by atoms with Crippen molar-refractivity contribution in [2.45, 2.75) is 0 Å². The smallest absolute Gasteiger partial charge is 0.132 e. The number of nitrogens with two attached hydrogens (primary N) is 2. The molecule has 136 valence electrons. The van der Waals surface area contributed by atoms with E-state index in [1.807, 2.05) is 54.4 Å². The zero-order valence-electron chi connectivity index (χ0n) is 14.9. The van der Waals surface area contributed by atoms with Crippen LogP contribution in [0.1, 0.15) is 5.56 Å². The van der Waals surface area contributed by atoms with E-state index >= 15 is 0 Å². The van der Waals surface area contributed by atoms with Crippen LogP contribution in [0.25, 0.3) is 17.0 Å². The monoisotopic (exact) mass is 361 g/mol. The number of rotatable bonds is 3. The highest BCUT2D eigenvalue weighted by Crippen LogP contribution is 2.37. The Morgan fingerprint density at radius 3 is 2.63 bits per heavy atom. The molecule has 2 aromatic carbocycles. The second kappa shape index (κ2) is 6.64. The van der Waals surface area contributed by atoms with Crippen LogP contribution in [-0.4, -0.2) is 16.3 Å². The summed E-state index contributed by atoms with van der Waals surface area (Å²) in [5.41, 5.74) is 17.3. The number of aromatic nitrogens is 2. The van der Waals surface area contributed by atoms with Crippen molar-refractivity contribution >= 4 is 17.1 Å². The Balaban J connectivity index is 1.87. The number of nitrogens with zero attached hydrogens (tertiary/aromatic N) is 3. The lowest BCUT2D eigenvalue weighted by Gasteiger charge is -2.30. The molecule has 0 fully saturated rings. The van der Waals surface area contributed by atoms with Gasteiger partial charge in [-0.3, -0.25) is 4.68 Å². The van der Waals surface area contributed by atoms with Crippen molar-refractivity contribution in [3.05, 3.63) is 84.0 Å². The van der Waals surface area contributed by atoms with Gasteiger partial charge < -0.3 is 16.4 Å². The number of nitrogen functional groups attached to an aromatic ring is 1. The molecule has 0 bridgehead atoms. The summed E-state index contributed by atoms with van der Waals surface area (Å²) in [6.07, 6.45) is 5.42. The van der Waals surface area contributed by atoms with Crippen molar-refractivity contribution in [3.8, 4) is 11.3 Å². The normalized spacial score (nSPS) is 14.1. The molecule has 27 heavy (non-hydrogen) atoms. The van der Waals surface area contributed by atoms with Crippen molar-refractivity contribution < 1.29 is 4.39 Å². The zero-order valence-corrected chi connectivity index (χ0v) is 14.9. The lowest BCUT2D eigenvalue weighted by atomic mass is 10.0. The minimum absolute atomic E-state index is 0.281. The molecule has 6 heteroatoms. The van der Waals surface area contributed by atoms with Crippen LogP contribution in [0.2, 0.25) is 0 Å². The summed E-state index contributed by atoms with van der Waals surface area (Å²) in [6, 6.07) is 14.3. The number of anilines is 2. The maximum absolute atomic E-state index is 14.5. The Morgan fingerprint density at radius 2 is 1.85 bits per heavy atom. The van der Waals surface area contributed by atoms with Crippen molar-refractivity contribution in [2.75, 3.05) is 17.2 Å². The van der Waals surface area contributed by atoms with Crippen LogP contribution >= 0.6 is 0 Å². The third kappa shape index (κ3) is 3.06. The first-order valence-corrected chi connectivity index (χ1v) is 8.61. The van der Waals surface area contributed by atoms with Gasteiger partial charge in [-0.1, -0.05) is 24.3 Å². The molecule has 0 amide bonds. The topological polar surface area (TPSA) is 73.1 Å². The molecular formula is C21H20FN5. The van der Waals surface area contributed by atoms with Crippen molar-refractivity contribution in [1.82, 2.24) is 9.78 Å². The summed E-state index contributed by atoms with van der Waals surface area (Å²) in [5.74, 6) is -0.281. The highest BCUT2D eigenvalue weighted by molar-refractivity contribution is 5.88. The fraction of sp³-hybridized carbons (Fsp3) is 0.0952. The van der Waals surface area contributed by atoms with Gasteiger partial charge >= 0.3 is 0 Å². The summed E-state index contributed by atoms with van der Waals surface area (Å²) in [6.45, 7) is 0.446. The molecule has 1 aromatic heterocycles. The molecule has 3 aromatic rings. The van der Waals surface area contributed by atoms with Crippen LogP contribution in [0.3, 0.4) is 0 Å². The predicted octanol–water partition coefficient (Wildman–Crippen LogP) is 3.51. The molecule has 0 unspecified atom stereocenters. The lowest BCUT2D eigenvalue weighted by molar-refractivity contribution is 0.623. The predicted molar refractivity (Wildman–Crippen MR) is 107 cm³/mol. The quantitative estimate of drug-likeness (QED) is 0.700. The maximum Gasteiger partial charge on any atom is 0.132 e. The van der Waals surface area contributed by atoms with E-state index in [0.29, 0.717) is 23.5 Å². The maximum atomic E-state index is 14.5. The Morgan fingerprint density at radius 1 is 1.04 bits per heavy atom. The van der Waals surface area contributed by atoms with E-state index in [0.717, 1.165) is 22.6 Å². The van der Waals surface area contributed by atoms with Crippen molar-refractivity contribution in [3.63, 3.8) is 0 Å². The van der Waals surface area contributed by atoms with Gasteiger partial charge in [0.05, 0.1) is 29.8 Å². The van der Waals surface area contributed by atoms with Gasteiger partial charge in [0.1, 0.15) is 5.82 Å². The minimum atomic E-state index is -0.281. The second-order valence-corrected chi connectivity index (χ2v) is 6.49. The summed E-state index contributed by atoms with van der Waals surface area (Å²) >= 11 is 0. The number of allylic oxidation sites excluding steroid dienone is 2. The molecule has 0 aliphatic carbocycles. The molecule has 2 heterocycles. The van der Waals surface area contributed by atoms with E-state index in [2.05, 4.69) is 5.10 Å². The standard InChI is InChI=1S/C21H20FN5/c1-26-21(14-5-4-6-15(23)11-14)20(12-25-26)27-13-16(24)9-10-19(27)17-7-2-3-8-18(17)22/h2-12H,13,23-24H2,1H3. The van der Waals surface area contributed by atoms with Crippen LogP contribution in [0.5, 0.6) is 0 Å². The average molecular weight is 361 g/mol. The summed E-state index contributed by atoms with van der Waals surface area (Å²) in [7, 11) is 1.87. The molecule has 0 saturated carbocycles. The number of halogens is 1. The van der Waals surface area contributed by atoms with E-state index in [-0.39, 0.29) is 5.82 Å². The Hall–Kier alpha value is -3.54. The number of hydrogen-bond acceptors (Lipinski definition) is 4. The van der Waals surface area contributed by atoms with Crippen molar-refractivity contribution in [1.29, 1.82) is 0 Å². The highest BCUT2D eigenvalue weighted by Gasteiger charge is 2.25. The van der Waals surface area contributed by atoms with Gasteiger partial charge in [0.25, 0.3) is 0 Å². The van der Waals surface area contributed by atoms with Gasteiger partial charge in [0, 0.05) is 29.6 Å². The van der Waals surface area contributed by atoms with E-state index in [4.69, 9.17) is 11.5 Å². The molecule has 1 aliphatic heterocycles. The summed E-state index contributed by atoms with van der Waals surface area (Å²) < 4.78 is 16.3. The molecule has 0 saturated heterocycles. The molecule has 5 nitrogen and oxygen atoms in total. The van der Waals surface area contributed by atoms with Gasteiger partial charge in [-0.2, -0.15) is 5.10 Å². The zero-order chi connectivity index (χ0) is 19.0. The average Bonchev–Trinajstić information content (AvgIpc) is 3.04. The molecule has 0 radical (unpaired) electrons. The Kier molecular flexibility index (Phi) is 4.16. The van der Waals surface area contributed by atoms with Crippen LogP contribution in [-0.2, 0) is 7.05 Å². The molecule has 4 N–H and O–H groups in total. The van der Waals surface area contributed by atoms with Gasteiger partial charge in [-0.05, 0) is 36.4 Å². The van der Waals surface area contributed by atoms with Gasteiger partial charge in [-0.15, -0.1) is 0 Å². The fourth-order valence-electron chi connectivity index (χ4n) is 3.36. The SMILES string of the molecule is Cn1ncc(N2CC(N)=CC=C2c2ccccc2F)c1-c1cccc(N)c1. The first kappa shape index (κ1) is 16.9. The summed E-state index contributed by atoms with van der Waals surface area (Å²) in [5, 5.41) is 4.43. The first-order chi connectivity index (χ1) is 13.0. The van der Waals surface area contributed by atoms with E-state index in [1.54, 1.807) is 23.0 Å². The minimum Gasteiger partial charge on any atom is -0.401 e. The van der Waals surface area contributed by atoms with E-state index in [1.165, 1.54) is 6.07 Å². The highest BCUT2D eigenvalue weighted by atomic mass is 19.1. The lowest BCUT2D eigenvalue weighted by Crippen LogP contribution is -2.29. The molecule has 4 rings (SSSR count). The molecular weight excluding hydrogens is 341 g/mol. The van der Waals surface area contributed by atoms with Crippen LogP contribution in [0.4, 0.5) is 15.8 Å². The largest absolute Gasteiger partial charge is 0.401 e. The Bertz CT molecular complexity index is 1060. The van der Waals surface area contributed by atoms with Crippen molar-refractivity contribution in [2.24, 2.45) is 12.8 Å². The first-order valence-electron chi connectivity index (χ1n) is 8.61. The van der Waals surface area contributed by atoms with Gasteiger partial charge in [0.15, 0.2) is 0 Å². The number of aryl methyl sites for hydroxylation is 1. The summed E-state index contributed by atoms with van der Waals surface area (Å²) in [4.78, 5) is 1.99. The number of benzene rings is 2. The second-order valence-electron chi connectivity index (χ2n) is 6.49. The Labute approximate surface area is 157 Å². The van der Waals surface area contributed by atoms with E-state index < -0.39 is 0 Å².